The zero-order chi connectivity index (χ0) is 21.1. The molecule has 1 heterocycles. The topological polar surface area (TPSA) is 117 Å². The number of nitrogens with two attached hydrogens (primary N) is 1. The Bertz CT molecular complexity index is 716. The first kappa shape index (κ1) is 22.7. The molecule has 160 valence electrons. The fourth-order valence-electron chi connectivity index (χ4n) is 2.90. The van der Waals surface area contributed by atoms with Crippen LogP contribution >= 0.6 is 0 Å². The molecule has 9 heteroatoms. The average molecular weight is 405 g/mol. The standard InChI is InChI=1S/C20H32N6O3/c1-4-28-14-25-20(18(21)19(22)23-2)24-12-15-5-6-16(17(11-15)27-3)13-26-7-9-29-10-8-26/h5-6,11,22,24-25H,2,4,7-10,12-14,21H2,1,3H3/b20-18+,22-19?. The number of nitrogens with zero attached hydrogens (tertiary/aromatic N) is 2. The quantitative estimate of drug-likeness (QED) is 0.188. The lowest BCUT2D eigenvalue weighted by atomic mass is 10.1. The molecule has 1 aromatic rings. The molecule has 5 N–H and O–H groups in total. The molecule has 0 amide bonds. The highest BCUT2D eigenvalue weighted by Gasteiger charge is 2.14. The molecule has 9 nitrogen and oxygen atoms in total. The summed E-state index contributed by atoms with van der Waals surface area (Å²) in [7, 11) is 1.68. The monoisotopic (exact) mass is 404 g/mol. The van der Waals surface area contributed by atoms with Crippen LogP contribution in [0.3, 0.4) is 0 Å². The molecule has 0 aliphatic carbocycles. The lowest BCUT2D eigenvalue weighted by Crippen LogP contribution is -2.35. The number of ether oxygens (including phenoxy) is 3. The van der Waals surface area contributed by atoms with Gasteiger partial charge in [-0.2, -0.15) is 0 Å². The molecule has 1 fully saturated rings. The maximum Gasteiger partial charge on any atom is 0.171 e. The van der Waals surface area contributed by atoms with E-state index in [0.717, 1.165) is 49.7 Å². The van der Waals surface area contributed by atoms with Gasteiger partial charge < -0.3 is 30.6 Å². The maximum atomic E-state index is 7.79. The third-order valence-electron chi connectivity index (χ3n) is 4.56. The summed E-state index contributed by atoms with van der Waals surface area (Å²) < 4.78 is 16.3. The lowest BCUT2D eigenvalue weighted by Gasteiger charge is -2.27. The Morgan fingerprint density at radius 1 is 1.34 bits per heavy atom. The molecule has 0 aromatic heterocycles. The number of rotatable bonds is 11. The summed E-state index contributed by atoms with van der Waals surface area (Å²) >= 11 is 0. The predicted molar refractivity (Wildman–Crippen MR) is 114 cm³/mol. The molecule has 0 bridgehead atoms. The Morgan fingerprint density at radius 3 is 2.76 bits per heavy atom. The highest BCUT2D eigenvalue weighted by atomic mass is 16.5. The minimum absolute atomic E-state index is 0.102. The number of hydrogen-bond donors (Lipinski definition) is 4. The van der Waals surface area contributed by atoms with E-state index in [1.54, 1.807) is 7.11 Å². The minimum atomic E-state index is -0.102. The van der Waals surface area contributed by atoms with Gasteiger partial charge in [-0.15, -0.1) is 0 Å². The fraction of sp³-hybridized carbons (Fsp3) is 0.500. The first-order valence-electron chi connectivity index (χ1n) is 9.65. The van der Waals surface area contributed by atoms with E-state index >= 15 is 0 Å². The van der Waals surface area contributed by atoms with Crippen molar-refractivity contribution in [3.63, 3.8) is 0 Å². The summed E-state index contributed by atoms with van der Waals surface area (Å²) in [6, 6.07) is 6.15. The highest BCUT2D eigenvalue weighted by Crippen LogP contribution is 2.22. The lowest BCUT2D eigenvalue weighted by molar-refractivity contribution is 0.0339. The molecule has 1 aliphatic rings. The van der Waals surface area contributed by atoms with Crippen LogP contribution in [0.25, 0.3) is 0 Å². The number of morpholine rings is 1. The molecule has 0 unspecified atom stereocenters. The van der Waals surface area contributed by atoms with Gasteiger partial charge in [0.05, 0.1) is 20.3 Å². The number of methoxy groups -OCH3 is 1. The Kier molecular flexibility index (Phi) is 9.42. The largest absolute Gasteiger partial charge is 0.496 e. The number of amidine groups is 1. The van der Waals surface area contributed by atoms with Crippen LogP contribution in [0.2, 0.25) is 0 Å². The van der Waals surface area contributed by atoms with Crippen molar-refractivity contribution in [2.45, 2.75) is 20.0 Å². The zero-order valence-corrected chi connectivity index (χ0v) is 17.3. The van der Waals surface area contributed by atoms with E-state index in [1.807, 2.05) is 13.0 Å². The molecule has 2 rings (SSSR count). The van der Waals surface area contributed by atoms with Crippen molar-refractivity contribution in [2.75, 3.05) is 46.8 Å². The van der Waals surface area contributed by atoms with E-state index in [1.165, 1.54) is 0 Å². The molecule has 0 atom stereocenters. The van der Waals surface area contributed by atoms with E-state index in [0.29, 0.717) is 19.0 Å². The molecule has 29 heavy (non-hydrogen) atoms. The van der Waals surface area contributed by atoms with Crippen LogP contribution in [0.1, 0.15) is 18.1 Å². The van der Waals surface area contributed by atoms with Gasteiger partial charge in [0.2, 0.25) is 0 Å². The number of hydrogen-bond acceptors (Lipinski definition) is 8. The Morgan fingerprint density at radius 2 is 2.10 bits per heavy atom. The van der Waals surface area contributed by atoms with E-state index in [4.69, 9.17) is 25.4 Å². The predicted octanol–water partition coefficient (Wildman–Crippen LogP) is 1.01. The van der Waals surface area contributed by atoms with Gasteiger partial charge in [-0.1, -0.05) is 12.1 Å². The number of nitrogens with one attached hydrogen (secondary N) is 3. The fourth-order valence-corrected chi connectivity index (χ4v) is 2.90. The van der Waals surface area contributed by atoms with E-state index in [2.05, 4.69) is 39.4 Å². The summed E-state index contributed by atoms with van der Waals surface area (Å²) in [6.45, 7) is 10.8. The van der Waals surface area contributed by atoms with Gasteiger partial charge >= 0.3 is 0 Å². The van der Waals surface area contributed by atoms with Crippen molar-refractivity contribution in [3.8, 4) is 5.75 Å². The maximum absolute atomic E-state index is 7.79. The SMILES string of the molecule is C=NC(=N)/C(N)=C(\NCOCC)NCc1ccc(CN2CCOCC2)c(OC)c1. The second kappa shape index (κ2) is 12.1. The van der Waals surface area contributed by atoms with Crippen molar-refractivity contribution >= 4 is 12.6 Å². The number of aliphatic imine (C=N–C) groups is 1. The van der Waals surface area contributed by atoms with Crippen LogP contribution < -0.4 is 21.1 Å². The summed E-state index contributed by atoms with van der Waals surface area (Å²) in [5.41, 5.74) is 8.34. The van der Waals surface area contributed by atoms with Crippen LogP contribution in [0.15, 0.2) is 34.7 Å². The molecule has 0 saturated carbocycles. The van der Waals surface area contributed by atoms with Gasteiger partial charge in [-0.25, -0.2) is 4.99 Å². The van der Waals surface area contributed by atoms with E-state index in [9.17, 15) is 0 Å². The van der Waals surface area contributed by atoms with E-state index < -0.39 is 0 Å². The average Bonchev–Trinajstić information content (AvgIpc) is 2.76. The van der Waals surface area contributed by atoms with Crippen molar-refractivity contribution in [1.82, 2.24) is 15.5 Å². The Balaban J connectivity index is 2.06. The zero-order valence-electron chi connectivity index (χ0n) is 17.3. The third kappa shape index (κ3) is 7.04. The van der Waals surface area contributed by atoms with Crippen LogP contribution in [-0.2, 0) is 22.6 Å². The minimum Gasteiger partial charge on any atom is -0.496 e. The Labute approximate surface area is 172 Å². The molecule has 1 aromatic carbocycles. The van der Waals surface area contributed by atoms with Gasteiger partial charge in [0.25, 0.3) is 0 Å². The normalized spacial score (nSPS) is 15.4. The van der Waals surface area contributed by atoms with Gasteiger partial charge in [0.1, 0.15) is 24.0 Å². The smallest absolute Gasteiger partial charge is 0.171 e. The third-order valence-corrected chi connectivity index (χ3v) is 4.56. The van der Waals surface area contributed by atoms with Crippen molar-refractivity contribution in [3.05, 3.63) is 40.8 Å². The van der Waals surface area contributed by atoms with Crippen molar-refractivity contribution in [2.24, 2.45) is 10.7 Å². The summed E-state index contributed by atoms with van der Waals surface area (Å²) in [4.78, 5) is 5.94. The summed E-state index contributed by atoms with van der Waals surface area (Å²) in [5, 5.41) is 14.0. The Hall–Kier alpha value is -2.62. The van der Waals surface area contributed by atoms with Gasteiger partial charge in [0, 0.05) is 38.3 Å². The first-order chi connectivity index (χ1) is 14.1. The molecule has 0 spiro atoms. The summed E-state index contributed by atoms with van der Waals surface area (Å²) in [5.74, 6) is 1.22. The van der Waals surface area contributed by atoms with Gasteiger partial charge in [-0.3, -0.25) is 10.3 Å². The molecular weight excluding hydrogens is 372 g/mol. The van der Waals surface area contributed by atoms with Crippen molar-refractivity contribution < 1.29 is 14.2 Å². The molecule has 0 radical (unpaired) electrons. The number of benzene rings is 1. The highest BCUT2D eigenvalue weighted by molar-refractivity contribution is 5.98. The second-order valence-corrected chi connectivity index (χ2v) is 6.50. The van der Waals surface area contributed by atoms with Crippen LogP contribution in [-0.4, -0.2) is 64.2 Å². The molecular formula is C20H32N6O3. The van der Waals surface area contributed by atoms with Gasteiger partial charge in [0.15, 0.2) is 5.84 Å². The van der Waals surface area contributed by atoms with Crippen LogP contribution in [0.4, 0.5) is 0 Å². The van der Waals surface area contributed by atoms with Crippen LogP contribution in [0, 0.1) is 5.41 Å². The molecule has 1 aliphatic heterocycles. The van der Waals surface area contributed by atoms with E-state index in [-0.39, 0.29) is 18.3 Å². The first-order valence-corrected chi connectivity index (χ1v) is 9.65. The summed E-state index contributed by atoms with van der Waals surface area (Å²) in [6.07, 6.45) is 0. The van der Waals surface area contributed by atoms with Crippen LogP contribution in [0.5, 0.6) is 5.75 Å². The van der Waals surface area contributed by atoms with Crippen molar-refractivity contribution in [1.29, 1.82) is 5.41 Å². The second-order valence-electron chi connectivity index (χ2n) is 6.50. The molecule has 1 saturated heterocycles. The van der Waals surface area contributed by atoms with Gasteiger partial charge in [-0.05, 0) is 25.3 Å².